The zero-order valence-electron chi connectivity index (χ0n) is 13.4. The van der Waals surface area contributed by atoms with E-state index in [4.69, 9.17) is 21.1 Å². The zero-order valence-corrected chi connectivity index (χ0v) is 14.2. The van der Waals surface area contributed by atoms with Gasteiger partial charge in [0.05, 0.1) is 11.2 Å². The predicted molar refractivity (Wildman–Crippen MR) is 96.8 cm³/mol. The van der Waals surface area contributed by atoms with E-state index in [0.717, 1.165) is 27.6 Å². The minimum atomic E-state index is -0.380. The van der Waals surface area contributed by atoms with Gasteiger partial charge >= 0.3 is 0 Å². The number of aromatic nitrogens is 1. The molecule has 1 aliphatic rings. The molecule has 1 atom stereocenters. The Morgan fingerprint density at radius 1 is 1.12 bits per heavy atom. The van der Waals surface area contributed by atoms with Crippen molar-refractivity contribution < 1.29 is 9.47 Å². The number of benzene rings is 2. The SMILES string of the molecule is CCOC1OC(Cc2ccc(Cl)cc2)=Cn2c1cc1ccccc12. The largest absolute Gasteiger partial charge is 0.461 e. The van der Waals surface area contributed by atoms with Crippen LogP contribution in [0, 0.1) is 0 Å². The maximum atomic E-state index is 6.10. The Morgan fingerprint density at radius 2 is 1.92 bits per heavy atom. The van der Waals surface area contributed by atoms with Crippen molar-refractivity contribution in [2.75, 3.05) is 6.61 Å². The molecule has 1 aliphatic heterocycles. The molecule has 0 saturated heterocycles. The number of para-hydroxylation sites is 1. The van der Waals surface area contributed by atoms with E-state index in [0.29, 0.717) is 13.0 Å². The molecule has 0 saturated carbocycles. The van der Waals surface area contributed by atoms with Crippen LogP contribution >= 0.6 is 11.6 Å². The fraction of sp³-hybridized carbons (Fsp3) is 0.200. The fourth-order valence-electron chi connectivity index (χ4n) is 3.06. The lowest BCUT2D eigenvalue weighted by Crippen LogP contribution is -2.17. The lowest BCUT2D eigenvalue weighted by atomic mass is 10.1. The summed E-state index contributed by atoms with van der Waals surface area (Å²) in [5.74, 6) is 0.879. The predicted octanol–water partition coefficient (Wildman–Crippen LogP) is 5.40. The van der Waals surface area contributed by atoms with Crippen molar-refractivity contribution in [1.82, 2.24) is 4.57 Å². The monoisotopic (exact) mass is 339 g/mol. The Balaban J connectivity index is 1.74. The summed E-state index contributed by atoms with van der Waals surface area (Å²) in [7, 11) is 0. The van der Waals surface area contributed by atoms with Crippen LogP contribution in [0.3, 0.4) is 0 Å². The highest BCUT2D eigenvalue weighted by atomic mass is 35.5. The van der Waals surface area contributed by atoms with Crippen molar-refractivity contribution in [3.8, 4) is 0 Å². The van der Waals surface area contributed by atoms with Crippen LogP contribution in [0.15, 0.2) is 60.4 Å². The van der Waals surface area contributed by atoms with Gasteiger partial charge in [-0.05, 0) is 36.8 Å². The molecule has 2 aromatic carbocycles. The van der Waals surface area contributed by atoms with Crippen LogP contribution in [0.25, 0.3) is 17.1 Å². The number of allylic oxidation sites excluding steroid dienone is 1. The van der Waals surface area contributed by atoms with Gasteiger partial charge in [-0.2, -0.15) is 0 Å². The molecule has 2 heterocycles. The number of nitrogens with zero attached hydrogens (tertiary/aromatic N) is 1. The minimum Gasteiger partial charge on any atom is -0.461 e. The number of hydrogen-bond acceptors (Lipinski definition) is 2. The molecule has 0 N–H and O–H groups in total. The van der Waals surface area contributed by atoms with E-state index >= 15 is 0 Å². The van der Waals surface area contributed by atoms with Crippen LogP contribution in [-0.4, -0.2) is 11.2 Å². The third-order valence-electron chi connectivity index (χ3n) is 4.16. The summed E-state index contributed by atoms with van der Waals surface area (Å²) in [6.07, 6.45) is 2.38. The Morgan fingerprint density at radius 3 is 2.71 bits per heavy atom. The highest BCUT2D eigenvalue weighted by molar-refractivity contribution is 6.30. The van der Waals surface area contributed by atoms with Crippen molar-refractivity contribution in [2.45, 2.75) is 19.6 Å². The molecule has 4 heteroatoms. The Bertz CT molecular complexity index is 896. The third kappa shape index (κ3) is 2.81. The van der Waals surface area contributed by atoms with Crippen LogP contribution < -0.4 is 0 Å². The van der Waals surface area contributed by atoms with Gasteiger partial charge in [0.1, 0.15) is 5.76 Å². The van der Waals surface area contributed by atoms with Gasteiger partial charge < -0.3 is 14.0 Å². The molecular formula is C20H18ClNO2. The van der Waals surface area contributed by atoms with Crippen molar-refractivity contribution >= 4 is 28.7 Å². The molecule has 0 fully saturated rings. The van der Waals surface area contributed by atoms with E-state index in [-0.39, 0.29) is 6.29 Å². The summed E-state index contributed by atoms with van der Waals surface area (Å²) in [5.41, 5.74) is 3.34. The quantitative estimate of drug-likeness (QED) is 0.635. The Hall–Kier alpha value is -2.23. The molecule has 0 bridgehead atoms. The standard InChI is InChI=1S/C20H18ClNO2/c1-2-23-20-19-12-15-5-3-4-6-18(15)22(19)13-17(24-20)11-14-7-9-16(21)10-8-14/h3-10,12-13,20H,2,11H2,1H3. The van der Waals surface area contributed by atoms with Crippen LogP contribution in [-0.2, 0) is 15.9 Å². The van der Waals surface area contributed by atoms with Crippen LogP contribution in [0.2, 0.25) is 5.02 Å². The molecule has 4 rings (SSSR count). The first kappa shape index (κ1) is 15.3. The van der Waals surface area contributed by atoms with E-state index in [2.05, 4.69) is 29.0 Å². The van der Waals surface area contributed by atoms with Gasteiger partial charge in [-0.1, -0.05) is 41.9 Å². The number of rotatable bonds is 4. The first-order valence-corrected chi connectivity index (χ1v) is 8.45. The highest BCUT2D eigenvalue weighted by Gasteiger charge is 2.25. The van der Waals surface area contributed by atoms with E-state index in [9.17, 15) is 0 Å². The number of halogens is 1. The molecule has 0 amide bonds. The summed E-state index contributed by atoms with van der Waals surface area (Å²) in [6, 6.07) is 18.3. The number of fused-ring (bicyclic) bond motifs is 3. The van der Waals surface area contributed by atoms with Gasteiger partial charge in [0.15, 0.2) is 0 Å². The highest BCUT2D eigenvalue weighted by Crippen LogP contribution is 2.34. The van der Waals surface area contributed by atoms with Gasteiger partial charge in [-0.25, -0.2) is 0 Å². The zero-order chi connectivity index (χ0) is 16.5. The minimum absolute atomic E-state index is 0.380. The molecule has 1 aromatic heterocycles. The van der Waals surface area contributed by atoms with E-state index in [1.54, 1.807) is 0 Å². The first-order valence-electron chi connectivity index (χ1n) is 8.08. The molecule has 1 unspecified atom stereocenters. The average molecular weight is 340 g/mol. The lowest BCUT2D eigenvalue weighted by Gasteiger charge is -2.26. The van der Waals surface area contributed by atoms with Crippen molar-refractivity contribution in [3.63, 3.8) is 0 Å². The second-order valence-electron chi connectivity index (χ2n) is 5.80. The molecule has 3 nitrogen and oxygen atoms in total. The third-order valence-corrected chi connectivity index (χ3v) is 4.41. The van der Waals surface area contributed by atoms with Crippen molar-refractivity contribution in [1.29, 1.82) is 0 Å². The molecule has 24 heavy (non-hydrogen) atoms. The number of ether oxygens (including phenoxy) is 2. The topological polar surface area (TPSA) is 23.4 Å². The first-order chi connectivity index (χ1) is 11.7. The molecule has 0 spiro atoms. The fourth-order valence-corrected chi connectivity index (χ4v) is 3.18. The molecular weight excluding hydrogens is 322 g/mol. The molecule has 122 valence electrons. The lowest BCUT2D eigenvalue weighted by molar-refractivity contribution is -0.123. The summed E-state index contributed by atoms with van der Waals surface area (Å²) < 4.78 is 14.1. The Kier molecular flexibility index (Phi) is 4.05. The maximum absolute atomic E-state index is 6.10. The average Bonchev–Trinajstić information content (AvgIpc) is 2.96. The van der Waals surface area contributed by atoms with E-state index < -0.39 is 0 Å². The van der Waals surface area contributed by atoms with Crippen LogP contribution in [0.5, 0.6) is 0 Å². The summed E-state index contributed by atoms with van der Waals surface area (Å²) >= 11 is 5.97. The van der Waals surface area contributed by atoms with Gasteiger partial charge in [-0.15, -0.1) is 0 Å². The van der Waals surface area contributed by atoms with Crippen LogP contribution in [0.1, 0.15) is 24.5 Å². The second-order valence-corrected chi connectivity index (χ2v) is 6.24. The van der Waals surface area contributed by atoms with Gasteiger partial charge in [0.25, 0.3) is 0 Å². The summed E-state index contributed by atoms with van der Waals surface area (Å²) in [5, 5.41) is 1.92. The van der Waals surface area contributed by atoms with Crippen molar-refractivity contribution in [2.24, 2.45) is 0 Å². The normalized spacial score (nSPS) is 16.6. The smallest absolute Gasteiger partial charge is 0.241 e. The maximum Gasteiger partial charge on any atom is 0.241 e. The Labute approximate surface area is 146 Å². The van der Waals surface area contributed by atoms with Gasteiger partial charge in [0, 0.05) is 29.6 Å². The van der Waals surface area contributed by atoms with Gasteiger partial charge in [-0.3, -0.25) is 0 Å². The van der Waals surface area contributed by atoms with Gasteiger partial charge in [0.2, 0.25) is 6.29 Å². The summed E-state index contributed by atoms with van der Waals surface area (Å²) in [6.45, 7) is 2.58. The molecule has 3 aromatic rings. The molecule has 0 radical (unpaired) electrons. The van der Waals surface area contributed by atoms with Crippen LogP contribution in [0.4, 0.5) is 0 Å². The van der Waals surface area contributed by atoms with Crippen molar-refractivity contribution in [3.05, 3.63) is 76.6 Å². The summed E-state index contributed by atoms with van der Waals surface area (Å²) in [4.78, 5) is 0. The molecule has 0 aliphatic carbocycles. The second kappa shape index (κ2) is 6.34. The number of hydrogen-bond donors (Lipinski definition) is 0. The van der Waals surface area contributed by atoms with E-state index in [1.807, 2.05) is 43.3 Å². The van der Waals surface area contributed by atoms with E-state index in [1.165, 1.54) is 5.39 Å².